The number of carbonyl (C=O) groups excluding carboxylic acids is 7. The van der Waals surface area contributed by atoms with Crippen molar-refractivity contribution in [2.75, 3.05) is 52.4 Å². The topological polar surface area (TPSA) is 449 Å². The maximum atomic E-state index is 16.1. The molecule has 1 heterocycles. The summed E-state index contributed by atoms with van der Waals surface area (Å²) in [6.07, 6.45) is -4.44. The number of carbonyl (C=O) groups is 10. The third-order valence-electron chi connectivity index (χ3n) is 12.2. The van der Waals surface area contributed by atoms with E-state index in [1.165, 1.54) is 36.4 Å². The van der Waals surface area contributed by atoms with Crippen molar-refractivity contribution < 1.29 is 83.0 Å². The number of fused-ring (bicyclic) bond motifs is 5. The van der Waals surface area contributed by atoms with Gasteiger partial charge >= 0.3 is 30.1 Å². The van der Waals surface area contributed by atoms with Crippen molar-refractivity contribution >= 4 is 59.4 Å². The van der Waals surface area contributed by atoms with Crippen molar-refractivity contribution in [3.8, 4) is 22.6 Å². The van der Waals surface area contributed by atoms with Crippen LogP contribution in [0.15, 0.2) is 36.4 Å². The van der Waals surface area contributed by atoms with Crippen LogP contribution in [0.25, 0.3) is 11.1 Å². The summed E-state index contributed by atoms with van der Waals surface area (Å²) >= 11 is 0. The number of rotatable bonds is 25. The molecule has 27 heteroatoms. The van der Waals surface area contributed by atoms with E-state index in [9.17, 15) is 54.3 Å². The van der Waals surface area contributed by atoms with Crippen molar-refractivity contribution in [1.29, 1.82) is 0 Å². The predicted molar refractivity (Wildman–Crippen MR) is 279 cm³/mol. The molecule has 17 N–H and O–H groups in total. The second-order valence-corrected chi connectivity index (χ2v) is 20.7. The van der Waals surface area contributed by atoms with Gasteiger partial charge in [-0.05, 0) is 133 Å². The average Bonchev–Trinajstić information content (AvgIpc) is 3.32. The normalized spacial score (nSPS) is 17.6. The SMILES string of the molecule is CC(C)(C)OC(=O)NCCC[C@@H]1NC(=O)[C@@H](NC(=O)OC(C)(C)C)Cc2cc(ccc2O)-c2ccc(O)c(c2)C[C@@H](C(=O)C(CCN)[C@@](C(=O)[C@@H](N)CCCN)(C(=O)N(CC(=O)O)CC(=O)O)N(CCN)CC(=O)O)NC1=O. The number of ether oxygens (including phenoxy) is 2. The summed E-state index contributed by atoms with van der Waals surface area (Å²) in [6, 6.07) is 1.29. The van der Waals surface area contributed by atoms with E-state index in [1.54, 1.807) is 41.5 Å². The second-order valence-electron chi connectivity index (χ2n) is 20.7. The van der Waals surface area contributed by atoms with Crippen LogP contribution >= 0.6 is 0 Å². The van der Waals surface area contributed by atoms with Gasteiger partial charge in [0.25, 0.3) is 5.91 Å². The maximum absolute atomic E-state index is 16.1. The molecule has 1 aliphatic heterocycles. The number of nitrogens with two attached hydrogens (primary N) is 4. The van der Waals surface area contributed by atoms with Gasteiger partial charge in [0, 0.05) is 32.5 Å². The highest BCUT2D eigenvalue weighted by molar-refractivity contribution is 6.17. The number of amides is 5. The van der Waals surface area contributed by atoms with Gasteiger partial charge in [0.05, 0.1) is 24.5 Å². The summed E-state index contributed by atoms with van der Waals surface area (Å²) in [7, 11) is 0. The van der Waals surface area contributed by atoms with Gasteiger partial charge in [0.15, 0.2) is 17.1 Å². The molecule has 78 heavy (non-hydrogen) atoms. The number of hydrogen-bond acceptors (Lipinski definition) is 19. The number of phenolic OH excluding ortho intramolecular Hbond substituents is 2. The first-order chi connectivity index (χ1) is 36.4. The molecule has 3 rings (SSSR count). The standard InChI is InChI=1S/C51H76N10O17/c1-49(2,3)77-47(75)56-19-8-10-34-44(72)58-35(23-30-21-28(11-13-37(30)62)29-12-14-38(63)31(22-29)24-36(45(73)57-34)59-48(76)78-50(4,5)6)42(70)32(15-17-53)51(43(71)33(55)9-7-16-52,61(20-18-54)27-41(68)69)46(74)60(25-39(64)65)26-40(66)67/h11-14,21-22,32-36,62-63H,7-10,15-20,23-27,52-55H2,1-6H3,(H,56,75)(H,57,73)(H,58,72)(H,59,76)(H,64,65)(H,66,67)(H,68,69)/t32?,33-,34-,35-,36-,51+/m0/s1. The average molecular weight is 1100 g/mol. The molecule has 432 valence electrons. The summed E-state index contributed by atoms with van der Waals surface area (Å²) in [5.74, 6) is -14.8. The van der Waals surface area contributed by atoms with Crippen LogP contribution in [0.1, 0.15) is 84.8 Å². The van der Waals surface area contributed by atoms with Crippen LogP contribution < -0.4 is 44.2 Å². The van der Waals surface area contributed by atoms with Gasteiger partial charge in [-0.1, -0.05) is 12.1 Å². The minimum Gasteiger partial charge on any atom is -0.508 e. The Kier molecular flexibility index (Phi) is 23.9. The number of alkyl carbamates (subject to hydrolysis) is 2. The predicted octanol–water partition coefficient (Wildman–Crippen LogP) is -0.718. The lowest BCUT2D eigenvalue weighted by Gasteiger charge is -2.48. The number of hydrogen-bond donors (Lipinski definition) is 13. The minimum absolute atomic E-state index is 0.0157. The Bertz CT molecular complexity index is 2500. The number of phenols is 2. The van der Waals surface area contributed by atoms with Gasteiger partial charge in [-0.3, -0.25) is 43.3 Å². The largest absolute Gasteiger partial charge is 0.508 e. The summed E-state index contributed by atoms with van der Waals surface area (Å²) in [5, 5.41) is 63.2. The highest BCUT2D eigenvalue weighted by atomic mass is 16.6. The third kappa shape index (κ3) is 18.6. The Morgan fingerprint density at radius 1 is 0.705 bits per heavy atom. The first-order valence-electron chi connectivity index (χ1n) is 25.2. The smallest absolute Gasteiger partial charge is 0.408 e. The second kappa shape index (κ2) is 28.8. The molecule has 0 aromatic heterocycles. The van der Waals surface area contributed by atoms with Crippen molar-refractivity contribution in [2.45, 2.75) is 127 Å². The fraction of sp³-hybridized carbons (Fsp3) is 0.569. The van der Waals surface area contributed by atoms with Crippen LogP contribution in [0.5, 0.6) is 11.5 Å². The van der Waals surface area contributed by atoms with Crippen LogP contribution in [-0.2, 0) is 60.7 Å². The molecule has 0 aliphatic carbocycles. The lowest BCUT2D eigenvalue weighted by Crippen LogP contribution is -2.74. The zero-order valence-corrected chi connectivity index (χ0v) is 44.8. The summed E-state index contributed by atoms with van der Waals surface area (Å²) < 4.78 is 10.8. The van der Waals surface area contributed by atoms with Crippen LogP contribution in [0.2, 0.25) is 0 Å². The van der Waals surface area contributed by atoms with E-state index in [4.69, 9.17) is 32.4 Å². The Balaban J connectivity index is 2.53. The number of nitrogens with one attached hydrogen (secondary N) is 4. The lowest BCUT2D eigenvalue weighted by molar-refractivity contribution is -0.168. The zero-order chi connectivity index (χ0) is 58.9. The van der Waals surface area contributed by atoms with Crippen molar-refractivity contribution in [3.05, 3.63) is 47.5 Å². The van der Waals surface area contributed by atoms with Gasteiger partial charge in [-0.15, -0.1) is 0 Å². The fourth-order valence-corrected chi connectivity index (χ4v) is 8.93. The molecule has 0 spiro atoms. The van der Waals surface area contributed by atoms with Crippen LogP contribution in [-0.4, -0.2) is 188 Å². The molecule has 1 aliphatic rings. The first-order valence-corrected chi connectivity index (χ1v) is 25.2. The monoisotopic (exact) mass is 1100 g/mol. The number of aliphatic carboxylic acids is 3. The molecule has 0 fully saturated rings. The molecule has 4 bridgehead atoms. The van der Waals surface area contributed by atoms with E-state index in [-0.39, 0.29) is 60.5 Å². The zero-order valence-electron chi connectivity index (χ0n) is 44.8. The Morgan fingerprint density at radius 3 is 1.74 bits per heavy atom. The van der Waals surface area contributed by atoms with E-state index in [1.807, 2.05) is 0 Å². The van der Waals surface area contributed by atoms with E-state index < -0.39 is 170 Å². The first kappa shape index (κ1) is 64.8. The fourth-order valence-electron chi connectivity index (χ4n) is 8.93. The highest BCUT2D eigenvalue weighted by Gasteiger charge is 2.61. The van der Waals surface area contributed by atoms with Gasteiger partial charge in [0.2, 0.25) is 11.8 Å². The molecule has 1 unspecified atom stereocenters. The van der Waals surface area contributed by atoms with Crippen LogP contribution in [0, 0.1) is 5.92 Å². The van der Waals surface area contributed by atoms with Crippen LogP contribution in [0.3, 0.4) is 0 Å². The molecule has 0 saturated carbocycles. The third-order valence-corrected chi connectivity index (χ3v) is 12.2. The molecule has 27 nitrogen and oxygen atoms in total. The molecule has 0 saturated heterocycles. The lowest BCUT2D eigenvalue weighted by atomic mass is 9.69. The van der Waals surface area contributed by atoms with Crippen molar-refractivity contribution in [3.63, 3.8) is 0 Å². The number of Topliss-reactive ketones (excluding diaryl/α,β-unsaturated/α-hetero) is 2. The number of nitrogens with zero attached hydrogens (tertiary/aromatic N) is 2. The van der Waals surface area contributed by atoms with Crippen molar-refractivity contribution in [1.82, 2.24) is 31.1 Å². The number of carboxylic acid groups (broad SMARTS) is 3. The number of aromatic hydroxyl groups is 2. The highest BCUT2D eigenvalue weighted by Crippen LogP contribution is 2.37. The summed E-state index contributed by atoms with van der Waals surface area (Å²) in [5.41, 5.74) is 20.0. The molecular formula is C51H76N10O17. The van der Waals surface area contributed by atoms with Gasteiger partial charge < -0.3 is 84.1 Å². The van der Waals surface area contributed by atoms with E-state index in [0.717, 1.165) is 0 Å². The molecule has 6 atom stereocenters. The van der Waals surface area contributed by atoms with Gasteiger partial charge in [0.1, 0.15) is 47.9 Å². The van der Waals surface area contributed by atoms with E-state index in [0.29, 0.717) is 16.0 Å². The Hall–Kier alpha value is -7.46. The summed E-state index contributed by atoms with van der Waals surface area (Å²) in [6.45, 7) is 3.50. The Morgan fingerprint density at radius 2 is 1.24 bits per heavy atom. The quantitative estimate of drug-likeness (QED) is 0.0431. The molecule has 5 amide bonds. The van der Waals surface area contributed by atoms with Gasteiger partial charge in [-0.25, -0.2) is 9.59 Å². The molecule has 0 radical (unpaired) electrons. The van der Waals surface area contributed by atoms with Crippen LogP contribution in [0.4, 0.5) is 9.59 Å². The van der Waals surface area contributed by atoms with Gasteiger partial charge in [-0.2, -0.15) is 0 Å². The molecular weight excluding hydrogens is 1020 g/mol. The maximum Gasteiger partial charge on any atom is 0.408 e. The van der Waals surface area contributed by atoms with Crippen molar-refractivity contribution in [2.24, 2.45) is 28.9 Å². The number of benzene rings is 2. The minimum atomic E-state index is -3.26. The number of carboxylic acids is 3. The number of ketones is 2. The Labute approximate surface area is 451 Å². The molecule has 2 aromatic rings. The van der Waals surface area contributed by atoms with E-state index >= 15 is 19.2 Å². The van der Waals surface area contributed by atoms with E-state index in [2.05, 4.69) is 21.3 Å². The molecule has 2 aromatic carbocycles. The summed E-state index contributed by atoms with van der Waals surface area (Å²) in [4.78, 5) is 141.